The number of hydrogen-bond donors (Lipinski definition) is 1. The highest BCUT2D eigenvalue weighted by Crippen LogP contribution is 2.30. The molecule has 3 heterocycles. The minimum atomic E-state index is -0.257. The SMILES string of the molecule is CCCn1c(C)cc(-c2csc(NC(=O)c3cncnc3)n2)c1C. The Kier molecular flexibility index (Phi) is 4.71. The molecule has 0 aliphatic rings. The summed E-state index contributed by atoms with van der Waals surface area (Å²) in [5.74, 6) is -0.257. The van der Waals surface area contributed by atoms with Gasteiger partial charge in [0, 0.05) is 41.3 Å². The first-order valence-electron chi connectivity index (χ1n) is 7.79. The second-order valence-electron chi connectivity index (χ2n) is 5.56. The molecule has 1 N–H and O–H groups in total. The van der Waals surface area contributed by atoms with Crippen LogP contribution in [-0.2, 0) is 6.54 Å². The van der Waals surface area contributed by atoms with E-state index in [0.29, 0.717) is 10.7 Å². The Morgan fingerprint density at radius 1 is 1.29 bits per heavy atom. The molecule has 0 unspecified atom stereocenters. The number of carbonyl (C=O) groups is 1. The van der Waals surface area contributed by atoms with Crippen molar-refractivity contribution in [1.29, 1.82) is 0 Å². The van der Waals surface area contributed by atoms with Gasteiger partial charge in [0.2, 0.25) is 0 Å². The summed E-state index contributed by atoms with van der Waals surface area (Å²) in [6, 6.07) is 2.15. The van der Waals surface area contributed by atoms with Crippen LogP contribution in [-0.4, -0.2) is 25.4 Å². The van der Waals surface area contributed by atoms with Gasteiger partial charge >= 0.3 is 0 Å². The minimum Gasteiger partial charge on any atom is -0.348 e. The molecule has 124 valence electrons. The molecule has 7 heteroatoms. The van der Waals surface area contributed by atoms with E-state index >= 15 is 0 Å². The van der Waals surface area contributed by atoms with Crippen LogP contribution in [0.25, 0.3) is 11.3 Å². The van der Waals surface area contributed by atoms with Crippen LogP contribution >= 0.6 is 11.3 Å². The molecule has 0 aliphatic heterocycles. The Morgan fingerprint density at radius 3 is 2.75 bits per heavy atom. The third-order valence-electron chi connectivity index (χ3n) is 3.84. The van der Waals surface area contributed by atoms with Crippen molar-refractivity contribution in [3.8, 4) is 11.3 Å². The standard InChI is InChI=1S/C17H19N5OS/c1-4-5-22-11(2)6-14(12(22)3)15-9-24-17(20-15)21-16(23)13-7-18-10-19-8-13/h6-10H,4-5H2,1-3H3,(H,20,21,23). The van der Waals surface area contributed by atoms with Gasteiger partial charge in [-0.25, -0.2) is 15.0 Å². The Bertz CT molecular complexity index is 853. The van der Waals surface area contributed by atoms with Gasteiger partial charge in [0.15, 0.2) is 5.13 Å². The summed E-state index contributed by atoms with van der Waals surface area (Å²) in [6.07, 6.45) is 5.45. The van der Waals surface area contributed by atoms with E-state index in [4.69, 9.17) is 0 Å². The fourth-order valence-electron chi connectivity index (χ4n) is 2.67. The number of aryl methyl sites for hydroxylation is 1. The third-order valence-corrected chi connectivity index (χ3v) is 4.60. The predicted molar refractivity (Wildman–Crippen MR) is 95.3 cm³/mol. The molecule has 0 spiro atoms. The van der Waals surface area contributed by atoms with Gasteiger partial charge in [0.25, 0.3) is 5.91 Å². The summed E-state index contributed by atoms with van der Waals surface area (Å²) in [7, 11) is 0. The van der Waals surface area contributed by atoms with E-state index in [1.807, 2.05) is 5.38 Å². The maximum atomic E-state index is 12.1. The van der Waals surface area contributed by atoms with Crippen molar-refractivity contribution in [2.75, 3.05) is 5.32 Å². The Balaban J connectivity index is 1.81. The van der Waals surface area contributed by atoms with Crippen LogP contribution in [0.5, 0.6) is 0 Å². The third kappa shape index (κ3) is 3.21. The normalized spacial score (nSPS) is 10.8. The Morgan fingerprint density at radius 2 is 2.04 bits per heavy atom. The number of aromatic nitrogens is 4. The highest BCUT2D eigenvalue weighted by Gasteiger charge is 2.15. The van der Waals surface area contributed by atoms with Crippen molar-refractivity contribution in [1.82, 2.24) is 19.5 Å². The first-order valence-corrected chi connectivity index (χ1v) is 8.67. The van der Waals surface area contributed by atoms with Gasteiger partial charge in [-0.3, -0.25) is 10.1 Å². The van der Waals surface area contributed by atoms with Crippen molar-refractivity contribution >= 4 is 22.4 Å². The van der Waals surface area contributed by atoms with Crippen LogP contribution in [0.4, 0.5) is 5.13 Å². The monoisotopic (exact) mass is 341 g/mol. The van der Waals surface area contributed by atoms with Crippen molar-refractivity contribution in [3.63, 3.8) is 0 Å². The summed E-state index contributed by atoms with van der Waals surface area (Å²) >= 11 is 1.41. The molecule has 0 saturated carbocycles. The van der Waals surface area contributed by atoms with E-state index in [0.717, 1.165) is 24.2 Å². The average molecular weight is 341 g/mol. The van der Waals surface area contributed by atoms with Crippen LogP contribution < -0.4 is 5.32 Å². The molecule has 0 radical (unpaired) electrons. The highest BCUT2D eigenvalue weighted by molar-refractivity contribution is 7.14. The Labute approximate surface area is 144 Å². The van der Waals surface area contributed by atoms with Crippen LogP contribution in [0.2, 0.25) is 0 Å². The number of carbonyl (C=O) groups excluding carboxylic acids is 1. The molecule has 0 fully saturated rings. The second kappa shape index (κ2) is 6.92. The summed E-state index contributed by atoms with van der Waals surface area (Å²) in [6.45, 7) is 7.38. The number of nitrogens with one attached hydrogen (secondary N) is 1. The fraction of sp³-hybridized carbons (Fsp3) is 0.294. The second-order valence-corrected chi connectivity index (χ2v) is 6.41. The van der Waals surface area contributed by atoms with Gasteiger partial charge < -0.3 is 4.57 Å². The largest absolute Gasteiger partial charge is 0.348 e. The van der Waals surface area contributed by atoms with E-state index in [1.165, 1.54) is 41.4 Å². The molecule has 3 aromatic heterocycles. The number of hydrogen-bond acceptors (Lipinski definition) is 5. The van der Waals surface area contributed by atoms with Crippen LogP contribution in [0.1, 0.15) is 35.1 Å². The predicted octanol–water partition coefficient (Wildman–Crippen LogP) is 3.68. The lowest BCUT2D eigenvalue weighted by atomic mass is 10.2. The maximum Gasteiger partial charge on any atom is 0.260 e. The zero-order valence-corrected chi connectivity index (χ0v) is 14.7. The molecule has 6 nitrogen and oxygen atoms in total. The van der Waals surface area contributed by atoms with Crippen molar-refractivity contribution in [3.05, 3.63) is 47.1 Å². The first-order chi connectivity index (χ1) is 11.6. The maximum absolute atomic E-state index is 12.1. The average Bonchev–Trinajstić information content (AvgIpc) is 3.15. The lowest BCUT2D eigenvalue weighted by Gasteiger charge is -2.07. The van der Waals surface area contributed by atoms with E-state index in [9.17, 15) is 4.79 Å². The number of amides is 1. The first kappa shape index (κ1) is 16.3. The quantitative estimate of drug-likeness (QED) is 0.768. The van der Waals surface area contributed by atoms with E-state index in [2.05, 4.69) is 51.7 Å². The van der Waals surface area contributed by atoms with E-state index < -0.39 is 0 Å². The van der Waals surface area contributed by atoms with E-state index in [-0.39, 0.29) is 5.91 Å². The van der Waals surface area contributed by atoms with Crippen molar-refractivity contribution < 1.29 is 4.79 Å². The summed E-state index contributed by atoms with van der Waals surface area (Å²) in [4.78, 5) is 24.4. The van der Waals surface area contributed by atoms with Gasteiger partial charge in [-0.15, -0.1) is 11.3 Å². The molecule has 0 bridgehead atoms. The minimum absolute atomic E-state index is 0.257. The van der Waals surface area contributed by atoms with Gasteiger partial charge in [-0.1, -0.05) is 6.92 Å². The van der Waals surface area contributed by atoms with Crippen molar-refractivity contribution in [2.24, 2.45) is 0 Å². The van der Waals surface area contributed by atoms with Gasteiger partial charge in [0.05, 0.1) is 11.3 Å². The lowest BCUT2D eigenvalue weighted by Crippen LogP contribution is -2.12. The molecule has 3 aromatic rings. The summed E-state index contributed by atoms with van der Waals surface area (Å²) in [5.41, 5.74) is 4.84. The van der Waals surface area contributed by atoms with Crippen LogP contribution in [0, 0.1) is 13.8 Å². The van der Waals surface area contributed by atoms with Crippen LogP contribution in [0.15, 0.2) is 30.2 Å². The summed E-state index contributed by atoms with van der Waals surface area (Å²) in [5, 5.41) is 5.33. The van der Waals surface area contributed by atoms with E-state index in [1.54, 1.807) is 0 Å². The molecular formula is C17H19N5OS. The van der Waals surface area contributed by atoms with Gasteiger partial charge in [-0.2, -0.15) is 0 Å². The molecule has 0 aliphatic carbocycles. The molecule has 0 atom stereocenters. The molecule has 1 amide bonds. The topological polar surface area (TPSA) is 72.7 Å². The lowest BCUT2D eigenvalue weighted by molar-refractivity contribution is 0.102. The van der Waals surface area contributed by atoms with Gasteiger partial charge in [0.1, 0.15) is 6.33 Å². The highest BCUT2D eigenvalue weighted by atomic mass is 32.1. The molecule has 0 aromatic carbocycles. The molecular weight excluding hydrogens is 322 g/mol. The number of rotatable bonds is 5. The molecule has 3 rings (SSSR count). The number of anilines is 1. The fourth-order valence-corrected chi connectivity index (χ4v) is 3.37. The Hall–Kier alpha value is -2.54. The van der Waals surface area contributed by atoms with Gasteiger partial charge in [-0.05, 0) is 26.3 Å². The number of thiazole rings is 1. The smallest absolute Gasteiger partial charge is 0.260 e. The zero-order chi connectivity index (χ0) is 17.1. The zero-order valence-electron chi connectivity index (χ0n) is 13.9. The molecule has 0 saturated heterocycles. The molecule has 24 heavy (non-hydrogen) atoms. The van der Waals surface area contributed by atoms with Crippen LogP contribution in [0.3, 0.4) is 0 Å². The summed E-state index contributed by atoms with van der Waals surface area (Å²) < 4.78 is 2.30. The number of nitrogens with zero attached hydrogens (tertiary/aromatic N) is 4. The van der Waals surface area contributed by atoms with Crippen molar-refractivity contribution in [2.45, 2.75) is 33.7 Å².